The molecule has 0 amide bonds. The quantitative estimate of drug-likeness (QED) is 0.901. The Labute approximate surface area is 131 Å². The first kappa shape index (κ1) is 16.0. The molecule has 1 heterocycles. The third-order valence-corrected chi connectivity index (χ3v) is 6.15. The second-order valence-corrected chi connectivity index (χ2v) is 7.70. The Bertz CT molecular complexity index is 465. The zero-order chi connectivity index (χ0) is 14.9. The smallest absolute Gasteiger partial charge is 0.0738 e. The van der Waals surface area contributed by atoms with Crippen LogP contribution in [0.25, 0.3) is 0 Å². The van der Waals surface area contributed by atoms with Gasteiger partial charge in [0.2, 0.25) is 0 Å². The Morgan fingerprint density at radius 1 is 1.45 bits per heavy atom. The summed E-state index contributed by atoms with van der Waals surface area (Å²) >= 11 is 3.70. The second-order valence-electron chi connectivity index (χ2n) is 6.91. The number of halogens is 1. The van der Waals surface area contributed by atoms with Crippen molar-refractivity contribution in [2.75, 3.05) is 7.05 Å². The number of hydrogen-bond acceptors (Lipinski definition) is 2. The molecule has 2 unspecified atom stereocenters. The van der Waals surface area contributed by atoms with Crippen molar-refractivity contribution >= 4 is 15.9 Å². The van der Waals surface area contributed by atoms with Crippen LogP contribution in [0.15, 0.2) is 4.47 Å². The van der Waals surface area contributed by atoms with E-state index in [-0.39, 0.29) is 0 Å². The summed E-state index contributed by atoms with van der Waals surface area (Å²) in [6, 6.07) is 0.524. The molecule has 0 radical (unpaired) electrons. The van der Waals surface area contributed by atoms with Crippen LogP contribution in [-0.4, -0.2) is 22.9 Å². The predicted octanol–water partition coefficient (Wildman–Crippen LogP) is 3.84. The average Bonchev–Trinajstić information content (AvgIpc) is 2.62. The van der Waals surface area contributed by atoms with E-state index in [0.717, 1.165) is 18.0 Å². The summed E-state index contributed by atoms with van der Waals surface area (Å²) in [6.45, 7) is 6.93. The maximum atomic E-state index is 4.52. The van der Waals surface area contributed by atoms with Gasteiger partial charge in [0, 0.05) is 19.5 Å². The van der Waals surface area contributed by atoms with Crippen LogP contribution in [0.3, 0.4) is 0 Å². The van der Waals surface area contributed by atoms with Crippen molar-refractivity contribution < 1.29 is 0 Å². The van der Waals surface area contributed by atoms with Gasteiger partial charge in [-0.2, -0.15) is 5.10 Å². The Morgan fingerprint density at radius 2 is 2.15 bits per heavy atom. The number of nitrogens with zero attached hydrogens (tertiary/aromatic N) is 2. The summed E-state index contributed by atoms with van der Waals surface area (Å²) in [4.78, 5) is 0. The molecule has 1 aromatic heterocycles. The number of rotatable bonds is 4. The van der Waals surface area contributed by atoms with Crippen LogP contribution in [0.4, 0.5) is 0 Å². The fourth-order valence-electron chi connectivity index (χ4n) is 3.82. The van der Waals surface area contributed by atoms with Crippen LogP contribution >= 0.6 is 15.9 Å². The van der Waals surface area contributed by atoms with Gasteiger partial charge in [0.15, 0.2) is 0 Å². The van der Waals surface area contributed by atoms with E-state index in [9.17, 15) is 0 Å². The molecule has 4 heteroatoms. The minimum absolute atomic E-state index is 0.437. The molecule has 2 rings (SSSR count). The molecule has 3 nitrogen and oxygen atoms in total. The number of hydrogen-bond donors (Lipinski definition) is 1. The first-order valence-corrected chi connectivity index (χ1v) is 8.51. The molecular formula is C16H28BrN3. The lowest BCUT2D eigenvalue weighted by Gasteiger charge is -2.43. The van der Waals surface area contributed by atoms with Crippen molar-refractivity contribution in [2.24, 2.45) is 18.4 Å². The van der Waals surface area contributed by atoms with E-state index < -0.39 is 0 Å². The monoisotopic (exact) mass is 341 g/mol. The summed E-state index contributed by atoms with van der Waals surface area (Å²) < 4.78 is 3.20. The van der Waals surface area contributed by atoms with Crippen LogP contribution < -0.4 is 5.32 Å². The van der Waals surface area contributed by atoms with Gasteiger partial charge in [-0.3, -0.25) is 4.68 Å². The van der Waals surface area contributed by atoms with Crippen LogP contribution in [0.5, 0.6) is 0 Å². The highest BCUT2D eigenvalue weighted by Crippen LogP contribution is 2.43. The van der Waals surface area contributed by atoms with Gasteiger partial charge >= 0.3 is 0 Å². The van der Waals surface area contributed by atoms with E-state index >= 15 is 0 Å². The van der Waals surface area contributed by atoms with Gasteiger partial charge < -0.3 is 5.32 Å². The zero-order valence-electron chi connectivity index (χ0n) is 13.5. The third kappa shape index (κ3) is 3.11. The van der Waals surface area contributed by atoms with E-state index in [0.29, 0.717) is 11.5 Å². The van der Waals surface area contributed by atoms with Crippen LogP contribution in [0.1, 0.15) is 50.9 Å². The molecular weight excluding hydrogens is 314 g/mol. The molecule has 2 atom stereocenters. The average molecular weight is 342 g/mol. The first-order valence-electron chi connectivity index (χ1n) is 7.72. The minimum Gasteiger partial charge on any atom is -0.316 e. The molecule has 1 fully saturated rings. The van der Waals surface area contributed by atoms with E-state index in [1.807, 2.05) is 11.7 Å². The highest BCUT2D eigenvalue weighted by atomic mass is 79.9. The molecule has 114 valence electrons. The molecule has 0 saturated heterocycles. The summed E-state index contributed by atoms with van der Waals surface area (Å²) in [6.07, 6.45) is 6.49. The van der Waals surface area contributed by atoms with Crippen molar-refractivity contribution in [3.63, 3.8) is 0 Å². The highest BCUT2D eigenvalue weighted by Gasteiger charge is 2.37. The van der Waals surface area contributed by atoms with Crippen molar-refractivity contribution in [3.05, 3.63) is 15.9 Å². The SMILES string of the molecule is CNC(Cc1c(Br)c(C)nn1C)C1CCCCC1(C)C. The Morgan fingerprint density at radius 3 is 2.65 bits per heavy atom. The van der Waals surface area contributed by atoms with Crippen LogP contribution in [0, 0.1) is 18.3 Å². The van der Waals surface area contributed by atoms with Gasteiger partial charge in [0.1, 0.15) is 0 Å². The highest BCUT2D eigenvalue weighted by molar-refractivity contribution is 9.10. The third-order valence-electron chi connectivity index (χ3n) is 5.12. The lowest BCUT2D eigenvalue weighted by Crippen LogP contribution is -2.45. The predicted molar refractivity (Wildman–Crippen MR) is 87.9 cm³/mol. The number of aromatic nitrogens is 2. The topological polar surface area (TPSA) is 29.9 Å². The summed E-state index contributed by atoms with van der Waals surface area (Å²) in [5.41, 5.74) is 2.83. The van der Waals surface area contributed by atoms with Crippen molar-refractivity contribution in [1.82, 2.24) is 15.1 Å². The lowest BCUT2D eigenvalue weighted by molar-refractivity contribution is 0.100. The van der Waals surface area contributed by atoms with Gasteiger partial charge in [-0.15, -0.1) is 0 Å². The maximum absolute atomic E-state index is 4.52. The van der Waals surface area contributed by atoms with Crippen molar-refractivity contribution in [2.45, 2.75) is 58.9 Å². The molecule has 1 aromatic rings. The zero-order valence-corrected chi connectivity index (χ0v) is 15.0. The number of nitrogens with one attached hydrogen (secondary N) is 1. The summed E-state index contributed by atoms with van der Waals surface area (Å²) in [5.74, 6) is 0.739. The lowest BCUT2D eigenvalue weighted by atomic mass is 9.65. The normalized spacial score (nSPS) is 23.8. The fourth-order valence-corrected chi connectivity index (χ4v) is 4.32. The van der Waals surface area contributed by atoms with E-state index in [1.54, 1.807) is 0 Å². The Balaban J connectivity index is 2.20. The van der Waals surface area contributed by atoms with Gasteiger partial charge in [-0.1, -0.05) is 26.7 Å². The second kappa shape index (κ2) is 6.18. The van der Waals surface area contributed by atoms with E-state index in [2.05, 4.69) is 54.2 Å². The van der Waals surface area contributed by atoms with Gasteiger partial charge in [-0.05, 0) is 54.1 Å². The molecule has 0 bridgehead atoms. The van der Waals surface area contributed by atoms with Crippen molar-refractivity contribution in [1.29, 1.82) is 0 Å². The van der Waals surface area contributed by atoms with Gasteiger partial charge in [0.05, 0.1) is 15.9 Å². The number of likely N-dealkylation sites (N-methyl/N-ethyl adjacent to an activating group) is 1. The molecule has 0 aliphatic heterocycles. The first-order chi connectivity index (χ1) is 9.36. The molecule has 0 spiro atoms. The minimum atomic E-state index is 0.437. The van der Waals surface area contributed by atoms with Gasteiger partial charge in [0.25, 0.3) is 0 Å². The largest absolute Gasteiger partial charge is 0.316 e. The molecule has 1 aliphatic carbocycles. The molecule has 1 aliphatic rings. The number of aryl methyl sites for hydroxylation is 2. The van der Waals surface area contributed by atoms with Gasteiger partial charge in [-0.25, -0.2) is 0 Å². The molecule has 20 heavy (non-hydrogen) atoms. The molecule has 0 aromatic carbocycles. The van der Waals surface area contributed by atoms with Crippen LogP contribution in [0.2, 0.25) is 0 Å². The van der Waals surface area contributed by atoms with E-state index in [4.69, 9.17) is 0 Å². The fraction of sp³-hybridized carbons (Fsp3) is 0.812. The summed E-state index contributed by atoms with van der Waals surface area (Å²) in [7, 11) is 4.15. The van der Waals surface area contributed by atoms with Crippen molar-refractivity contribution in [3.8, 4) is 0 Å². The van der Waals surface area contributed by atoms with Crippen LogP contribution in [-0.2, 0) is 13.5 Å². The molecule has 1 saturated carbocycles. The standard InChI is InChI=1S/C16H28BrN3/c1-11-15(17)14(20(5)19-11)10-13(18-4)12-8-6-7-9-16(12,2)3/h12-13,18H,6-10H2,1-5H3. The molecule has 1 N–H and O–H groups in total. The summed E-state index contributed by atoms with van der Waals surface area (Å²) in [5, 5.41) is 8.10. The van der Waals surface area contributed by atoms with E-state index in [1.165, 1.54) is 35.8 Å². The maximum Gasteiger partial charge on any atom is 0.0738 e. The Hall–Kier alpha value is -0.350. The Kier molecular flexibility index (Phi) is 4.96.